The molecule has 0 fully saturated rings. The fourth-order valence-corrected chi connectivity index (χ4v) is 1.68. The highest BCUT2D eigenvalue weighted by Gasteiger charge is 2.04. The van der Waals surface area contributed by atoms with Crippen molar-refractivity contribution in [3.63, 3.8) is 0 Å². The van der Waals surface area contributed by atoms with Crippen molar-refractivity contribution >= 4 is 5.91 Å². The topological polar surface area (TPSA) is 47.6 Å². The maximum atomic E-state index is 11.1. The summed E-state index contributed by atoms with van der Waals surface area (Å²) in [4.78, 5) is 11.1. The number of rotatable bonds is 7. The van der Waals surface area contributed by atoms with E-state index in [4.69, 9.17) is 9.47 Å². The highest BCUT2D eigenvalue weighted by molar-refractivity contribution is 5.75. The van der Waals surface area contributed by atoms with Crippen molar-refractivity contribution in [2.24, 2.45) is 0 Å². The van der Waals surface area contributed by atoms with E-state index < -0.39 is 0 Å². The van der Waals surface area contributed by atoms with Gasteiger partial charge >= 0.3 is 0 Å². The Morgan fingerprint density at radius 2 is 1.94 bits per heavy atom. The lowest BCUT2D eigenvalue weighted by Gasteiger charge is -2.09. The average molecular weight is 251 g/mol. The fraction of sp³-hybridized carbons (Fsp3) is 0.500. The van der Waals surface area contributed by atoms with Gasteiger partial charge in [-0.15, -0.1) is 0 Å². The third-order valence-electron chi connectivity index (χ3n) is 2.73. The molecular weight excluding hydrogens is 230 g/mol. The number of benzene rings is 1. The Bertz CT molecular complexity index is 391. The molecule has 1 aromatic rings. The lowest BCUT2D eigenvalue weighted by atomic mass is 10.1. The second-order valence-corrected chi connectivity index (χ2v) is 4.00. The summed E-state index contributed by atoms with van der Waals surface area (Å²) < 4.78 is 10.4. The third kappa shape index (κ3) is 4.28. The van der Waals surface area contributed by atoms with Crippen LogP contribution in [0.3, 0.4) is 0 Å². The molecule has 0 saturated heterocycles. The summed E-state index contributed by atoms with van der Waals surface area (Å²) in [6, 6.07) is 5.89. The monoisotopic (exact) mass is 251 g/mol. The van der Waals surface area contributed by atoms with E-state index in [9.17, 15) is 4.79 Å². The molecule has 1 aromatic carbocycles. The van der Waals surface area contributed by atoms with E-state index >= 15 is 0 Å². The standard InChI is InChI=1S/C14H21NO3/c1-4-14(16)15-9-5-6-11-7-8-12(17-2)13(10-11)18-3/h7-8,10H,4-6,9H2,1-3H3,(H,15,16). The van der Waals surface area contributed by atoms with Crippen molar-refractivity contribution in [1.29, 1.82) is 0 Å². The third-order valence-corrected chi connectivity index (χ3v) is 2.73. The molecule has 0 spiro atoms. The number of hydrogen-bond acceptors (Lipinski definition) is 3. The van der Waals surface area contributed by atoms with E-state index in [0.717, 1.165) is 24.3 Å². The molecule has 1 N–H and O–H groups in total. The van der Waals surface area contributed by atoms with E-state index in [0.29, 0.717) is 13.0 Å². The minimum atomic E-state index is 0.0994. The van der Waals surface area contributed by atoms with Crippen molar-refractivity contribution in [3.8, 4) is 11.5 Å². The summed E-state index contributed by atoms with van der Waals surface area (Å²) in [7, 11) is 3.25. The van der Waals surface area contributed by atoms with Gasteiger partial charge in [-0.25, -0.2) is 0 Å². The number of carbonyl (C=O) groups excluding carboxylic acids is 1. The van der Waals surface area contributed by atoms with Crippen LogP contribution in [0.5, 0.6) is 11.5 Å². The van der Waals surface area contributed by atoms with Crippen LogP contribution in [0, 0.1) is 0 Å². The molecule has 0 aromatic heterocycles. The molecule has 0 unspecified atom stereocenters. The zero-order valence-corrected chi connectivity index (χ0v) is 11.3. The number of carbonyl (C=O) groups is 1. The highest BCUT2D eigenvalue weighted by atomic mass is 16.5. The van der Waals surface area contributed by atoms with Crippen LogP contribution in [-0.2, 0) is 11.2 Å². The molecule has 4 nitrogen and oxygen atoms in total. The number of hydrogen-bond donors (Lipinski definition) is 1. The second-order valence-electron chi connectivity index (χ2n) is 4.00. The molecule has 0 aliphatic rings. The summed E-state index contributed by atoms with van der Waals surface area (Å²) in [6.45, 7) is 2.56. The van der Waals surface area contributed by atoms with Gasteiger partial charge < -0.3 is 14.8 Å². The second kappa shape index (κ2) is 7.58. The average Bonchev–Trinajstić information content (AvgIpc) is 2.42. The molecule has 0 aliphatic carbocycles. The van der Waals surface area contributed by atoms with Gasteiger partial charge in [-0.3, -0.25) is 4.79 Å². The molecule has 1 amide bonds. The molecule has 4 heteroatoms. The molecule has 1 rings (SSSR count). The Morgan fingerprint density at radius 1 is 1.22 bits per heavy atom. The molecule has 0 bridgehead atoms. The minimum absolute atomic E-state index is 0.0994. The fourth-order valence-electron chi connectivity index (χ4n) is 1.68. The van der Waals surface area contributed by atoms with E-state index in [1.54, 1.807) is 14.2 Å². The van der Waals surface area contributed by atoms with Crippen LogP contribution in [-0.4, -0.2) is 26.7 Å². The largest absolute Gasteiger partial charge is 0.493 e. The van der Waals surface area contributed by atoms with E-state index in [1.165, 1.54) is 5.56 Å². The molecule has 0 aliphatic heterocycles. The number of ether oxygens (including phenoxy) is 2. The van der Waals surface area contributed by atoms with Crippen molar-refractivity contribution in [3.05, 3.63) is 23.8 Å². The molecule has 0 atom stereocenters. The van der Waals surface area contributed by atoms with Crippen LogP contribution in [0.15, 0.2) is 18.2 Å². The summed E-state index contributed by atoms with van der Waals surface area (Å²) in [5, 5.41) is 2.86. The van der Waals surface area contributed by atoms with Gasteiger partial charge in [0.1, 0.15) is 0 Å². The van der Waals surface area contributed by atoms with Crippen LogP contribution in [0.2, 0.25) is 0 Å². The van der Waals surface area contributed by atoms with Gasteiger partial charge in [0, 0.05) is 13.0 Å². The quantitative estimate of drug-likeness (QED) is 0.755. The Balaban J connectivity index is 2.45. The van der Waals surface area contributed by atoms with Crippen LogP contribution in [0.1, 0.15) is 25.3 Å². The van der Waals surface area contributed by atoms with Crippen LogP contribution in [0.25, 0.3) is 0 Å². The predicted molar refractivity (Wildman–Crippen MR) is 71.2 cm³/mol. The lowest BCUT2D eigenvalue weighted by Crippen LogP contribution is -2.23. The Labute approximate surface area is 108 Å². The zero-order chi connectivity index (χ0) is 13.4. The molecular formula is C14H21NO3. The zero-order valence-electron chi connectivity index (χ0n) is 11.3. The first kappa shape index (κ1) is 14.4. The highest BCUT2D eigenvalue weighted by Crippen LogP contribution is 2.27. The Kier molecular flexibility index (Phi) is 6.05. The van der Waals surface area contributed by atoms with Crippen LogP contribution in [0.4, 0.5) is 0 Å². The molecule has 100 valence electrons. The maximum absolute atomic E-state index is 11.1. The van der Waals surface area contributed by atoms with E-state index in [2.05, 4.69) is 5.32 Å². The SMILES string of the molecule is CCC(=O)NCCCc1ccc(OC)c(OC)c1. The molecule has 18 heavy (non-hydrogen) atoms. The summed E-state index contributed by atoms with van der Waals surface area (Å²) in [5.41, 5.74) is 1.18. The molecule has 0 saturated carbocycles. The van der Waals surface area contributed by atoms with Gasteiger partial charge in [0.05, 0.1) is 14.2 Å². The number of methoxy groups -OCH3 is 2. The maximum Gasteiger partial charge on any atom is 0.219 e. The lowest BCUT2D eigenvalue weighted by molar-refractivity contribution is -0.120. The smallest absolute Gasteiger partial charge is 0.219 e. The summed E-state index contributed by atoms with van der Waals surface area (Å²) >= 11 is 0. The van der Waals surface area contributed by atoms with Crippen molar-refractivity contribution < 1.29 is 14.3 Å². The summed E-state index contributed by atoms with van der Waals surface area (Å²) in [6.07, 6.45) is 2.36. The first-order valence-electron chi connectivity index (χ1n) is 6.18. The van der Waals surface area contributed by atoms with Crippen molar-refractivity contribution in [2.45, 2.75) is 26.2 Å². The Morgan fingerprint density at radius 3 is 2.56 bits per heavy atom. The van der Waals surface area contributed by atoms with Gasteiger partial charge in [-0.2, -0.15) is 0 Å². The van der Waals surface area contributed by atoms with Gasteiger partial charge in [-0.1, -0.05) is 13.0 Å². The van der Waals surface area contributed by atoms with Gasteiger partial charge in [0.25, 0.3) is 0 Å². The van der Waals surface area contributed by atoms with E-state index in [-0.39, 0.29) is 5.91 Å². The van der Waals surface area contributed by atoms with Crippen LogP contribution >= 0.6 is 0 Å². The van der Waals surface area contributed by atoms with Crippen molar-refractivity contribution in [2.75, 3.05) is 20.8 Å². The number of nitrogens with one attached hydrogen (secondary N) is 1. The van der Waals surface area contributed by atoms with Gasteiger partial charge in [-0.05, 0) is 30.5 Å². The predicted octanol–water partition coefficient (Wildman–Crippen LogP) is 2.16. The molecule has 0 heterocycles. The summed E-state index contributed by atoms with van der Waals surface area (Å²) in [5.74, 6) is 1.58. The number of aryl methyl sites for hydroxylation is 1. The normalized spacial score (nSPS) is 9.94. The first-order chi connectivity index (χ1) is 8.71. The van der Waals surface area contributed by atoms with Crippen molar-refractivity contribution in [1.82, 2.24) is 5.32 Å². The van der Waals surface area contributed by atoms with Gasteiger partial charge in [0.2, 0.25) is 5.91 Å². The van der Waals surface area contributed by atoms with Gasteiger partial charge in [0.15, 0.2) is 11.5 Å². The van der Waals surface area contributed by atoms with Crippen LogP contribution < -0.4 is 14.8 Å². The first-order valence-corrected chi connectivity index (χ1v) is 6.18. The molecule has 0 radical (unpaired) electrons. The van der Waals surface area contributed by atoms with E-state index in [1.807, 2.05) is 25.1 Å². The number of amides is 1. The minimum Gasteiger partial charge on any atom is -0.493 e. The Hall–Kier alpha value is -1.71.